The monoisotopic (exact) mass is 395 g/mol. The highest BCUT2D eigenvalue weighted by Gasteiger charge is 2.24. The number of benzene rings is 1. The molecule has 0 aliphatic carbocycles. The number of nitrogens with one attached hydrogen (secondary N) is 1. The molecule has 1 amide bonds. The second kappa shape index (κ2) is 7.50. The Kier molecular flexibility index (Phi) is 4.87. The third-order valence-electron chi connectivity index (χ3n) is 5.19. The summed E-state index contributed by atoms with van der Waals surface area (Å²) in [5.41, 5.74) is 4.05. The first-order valence-electron chi connectivity index (χ1n) is 9.37. The maximum absolute atomic E-state index is 12.5. The summed E-state index contributed by atoms with van der Waals surface area (Å²) in [7, 11) is 0. The molecule has 3 aromatic rings. The largest absolute Gasteiger partial charge is 0.493 e. The standard InChI is InChI=1S/C20H21N5O4/c1-11-15(12(2)25-20(23-11)21-10-22-25)4-6-17(26)24-18(19(27)28)14-3-5-16-13(9-14)7-8-29-16/h3,5,9-10,18H,4,6-8H2,1-2H3,(H,24,26)(H,27,28). The van der Waals surface area contributed by atoms with E-state index < -0.39 is 12.0 Å². The molecule has 1 atom stereocenters. The van der Waals surface area contributed by atoms with Crippen molar-refractivity contribution in [1.29, 1.82) is 0 Å². The number of aliphatic carboxylic acids is 1. The van der Waals surface area contributed by atoms with Gasteiger partial charge in [0.2, 0.25) is 5.91 Å². The lowest BCUT2D eigenvalue weighted by Crippen LogP contribution is -2.34. The second-order valence-corrected chi connectivity index (χ2v) is 7.04. The maximum Gasteiger partial charge on any atom is 0.330 e. The van der Waals surface area contributed by atoms with E-state index in [4.69, 9.17) is 4.74 Å². The Labute approximate surface area is 166 Å². The molecule has 0 fully saturated rings. The topological polar surface area (TPSA) is 119 Å². The van der Waals surface area contributed by atoms with Crippen LogP contribution in [0.5, 0.6) is 5.75 Å². The van der Waals surface area contributed by atoms with Crippen LogP contribution < -0.4 is 10.1 Å². The zero-order valence-corrected chi connectivity index (χ0v) is 16.2. The normalized spacial score (nSPS) is 13.7. The highest BCUT2D eigenvalue weighted by atomic mass is 16.5. The summed E-state index contributed by atoms with van der Waals surface area (Å²) in [6.07, 6.45) is 2.74. The minimum absolute atomic E-state index is 0.140. The lowest BCUT2D eigenvalue weighted by molar-refractivity contribution is -0.142. The first-order valence-corrected chi connectivity index (χ1v) is 9.37. The fourth-order valence-electron chi connectivity index (χ4n) is 3.66. The molecule has 2 aromatic heterocycles. The van der Waals surface area contributed by atoms with Gasteiger partial charge in [0.25, 0.3) is 5.78 Å². The number of fused-ring (bicyclic) bond motifs is 2. The highest BCUT2D eigenvalue weighted by molar-refractivity contribution is 5.84. The molecule has 9 heteroatoms. The molecular formula is C20H21N5O4. The second-order valence-electron chi connectivity index (χ2n) is 7.04. The molecule has 29 heavy (non-hydrogen) atoms. The van der Waals surface area contributed by atoms with Crippen LogP contribution in [0.15, 0.2) is 24.5 Å². The van der Waals surface area contributed by atoms with Crippen molar-refractivity contribution in [3.05, 3.63) is 52.6 Å². The van der Waals surface area contributed by atoms with E-state index in [0.717, 1.165) is 34.7 Å². The van der Waals surface area contributed by atoms with Crippen LogP contribution in [0.1, 0.15) is 40.5 Å². The predicted molar refractivity (Wildman–Crippen MR) is 103 cm³/mol. The Morgan fingerprint density at radius 1 is 1.34 bits per heavy atom. The zero-order chi connectivity index (χ0) is 20.5. The van der Waals surface area contributed by atoms with Crippen LogP contribution in [0.3, 0.4) is 0 Å². The number of amides is 1. The van der Waals surface area contributed by atoms with Gasteiger partial charge in [-0.2, -0.15) is 10.1 Å². The summed E-state index contributed by atoms with van der Waals surface area (Å²) in [6.45, 7) is 4.35. The first-order chi connectivity index (χ1) is 13.9. The van der Waals surface area contributed by atoms with Gasteiger partial charge in [-0.25, -0.2) is 14.3 Å². The summed E-state index contributed by atoms with van der Waals surface area (Å²) in [4.78, 5) is 32.8. The maximum atomic E-state index is 12.5. The summed E-state index contributed by atoms with van der Waals surface area (Å²) in [5, 5.41) is 16.4. The number of ether oxygens (including phenoxy) is 1. The molecule has 0 saturated heterocycles. The van der Waals surface area contributed by atoms with Crippen molar-refractivity contribution in [3.63, 3.8) is 0 Å². The Bertz CT molecular complexity index is 1110. The van der Waals surface area contributed by atoms with Gasteiger partial charge in [0.05, 0.1) is 6.61 Å². The molecule has 0 spiro atoms. The van der Waals surface area contributed by atoms with Gasteiger partial charge in [-0.05, 0) is 49.1 Å². The zero-order valence-electron chi connectivity index (χ0n) is 16.2. The molecule has 0 radical (unpaired) electrons. The fourth-order valence-corrected chi connectivity index (χ4v) is 3.66. The fraction of sp³-hybridized carbons (Fsp3) is 0.350. The summed E-state index contributed by atoms with van der Waals surface area (Å²) >= 11 is 0. The van der Waals surface area contributed by atoms with E-state index in [1.807, 2.05) is 13.8 Å². The van der Waals surface area contributed by atoms with Crippen LogP contribution in [-0.4, -0.2) is 43.2 Å². The average Bonchev–Trinajstić information content (AvgIpc) is 3.34. The number of carbonyl (C=O) groups excluding carboxylic acids is 1. The number of aryl methyl sites for hydroxylation is 2. The van der Waals surface area contributed by atoms with Crippen molar-refractivity contribution in [3.8, 4) is 5.75 Å². The molecule has 1 unspecified atom stereocenters. The van der Waals surface area contributed by atoms with Gasteiger partial charge in [-0.1, -0.05) is 6.07 Å². The lowest BCUT2D eigenvalue weighted by atomic mass is 10.0. The molecule has 1 aromatic carbocycles. The molecule has 0 bridgehead atoms. The van der Waals surface area contributed by atoms with Crippen molar-refractivity contribution >= 4 is 17.7 Å². The summed E-state index contributed by atoms with van der Waals surface area (Å²) in [6, 6.07) is 4.12. The SMILES string of the molecule is Cc1nc2ncnn2c(C)c1CCC(=O)NC(C(=O)O)c1ccc2c(c1)CCO2. The molecule has 2 N–H and O–H groups in total. The van der Waals surface area contributed by atoms with Crippen molar-refractivity contribution in [1.82, 2.24) is 24.9 Å². The van der Waals surface area contributed by atoms with Gasteiger partial charge in [-0.15, -0.1) is 0 Å². The predicted octanol–water partition coefficient (Wildman–Crippen LogP) is 1.55. The average molecular weight is 395 g/mol. The van der Waals surface area contributed by atoms with E-state index in [-0.39, 0.29) is 12.3 Å². The Morgan fingerprint density at radius 2 is 2.17 bits per heavy atom. The quantitative estimate of drug-likeness (QED) is 0.650. The molecule has 150 valence electrons. The minimum atomic E-state index is -1.11. The van der Waals surface area contributed by atoms with E-state index in [1.54, 1.807) is 22.7 Å². The molecule has 4 rings (SSSR count). The van der Waals surface area contributed by atoms with E-state index in [1.165, 1.54) is 6.33 Å². The van der Waals surface area contributed by atoms with Gasteiger partial charge in [0.15, 0.2) is 6.04 Å². The van der Waals surface area contributed by atoms with Gasteiger partial charge < -0.3 is 15.2 Å². The number of hydrogen-bond donors (Lipinski definition) is 2. The van der Waals surface area contributed by atoms with Gasteiger partial charge >= 0.3 is 5.97 Å². The van der Waals surface area contributed by atoms with Crippen LogP contribution in [0.25, 0.3) is 5.78 Å². The van der Waals surface area contributed by atoms with Crippen LogP contribution in [0.4, 0.5) is 0 Å². The number of nitrogens with zero attached hydrogens (tertiary/aromatic N) is 4. The number of hydrogen-bond acceptors (Lipinski definition) is 6. The molecule has 3 heterocycles. The first kappa shape index (κ1) is 18.9. The van der Waals surface area contributed by atoms with Crippen LogP contribution in [0, 0.1) is 13.8 Å². The van der Waals surface area contributed by atoms with Crippen molar-refractivity contribution in [2.45, 2.75) is 39.2 Å². The van der Waals surface area contributed by atoms with Crippen LogP contribution in [0.2, 0.25) is 0 Å². The highest BCUT2D eigenvalue weighted by Crippen LogP contribution is 2.28. The molecule has 9 nitrogen and oxygen atoms in total. The molecular weight excluding hydrogens is 374 g/mol. The minimum Gasteiger partial charge on any atom is -0.493 e. The van der Waals surface area contributed by atoms with E-state index >= 15 is 0 Å². The lowest BCUT2D eigenvalue weighted by Gasteiger charge is -2.16. The Morgan fingerprint density at radius 3 is 2.97 bits per heavy atom. The molecule has 1 aliphatic heterocycles. The number of carbonyl (C=O) groups is 2. The van der Waals surface area contributed by atoms with Crippen molar-refractivity contribution < 1.29 is 19.4 Å². The van der Waals surface area contributed by atoms with E-state index in [2.05, 4.69) is 20.4 Å². The number of aromatic nitrogens is 4. The summed E-state index contributed by atoms with van der Waals surface area (Å²) < 4.78 is 7.09. The Balaban J connectivity index is 1.47. The van der Waals surface area contributed by atoms with Gasteiger partial charge in [0.1, 0.15) is 12.1 Å². The summed E-state index contributed by atoms with van der Waals surface area (Å²) in [5.74, 6) is -0.159. The third-order valence-corrected chi connectivity index (χ3v) is 5.19. The van der Waals surface area contributed by atoms with E-state index in [9.17, 15) is 14.7 Å². The number of rotatable bonds is 6. The number of carboxylic acids is 1. The van der Waals surface area contributed by atoms with Crippen LogP contribution in [-0.2, 0) is 22.4 Å². The van der Waals surface area contributed by atoms with Gasteiger partial charge in [0, 0.05) is 24.2 Å². The molecule has 0 saturated carbocycles. The van der Waals surface area contributed by atoms with Gasteiger partial charge in [-0.3, -0.25) is 4.79 Å². The molecule has 1 aliphatic rings. The smallest absolute Gasteiger partial charge is 0.330 e. The number of carboxylic acid groups (broad SMARTS) is 1. The third kappa shape index (κ3) is 3.63. The van der Waals surface area contributed by atoms with Crippen molar-refractivity contribution in [2.75, 3.05) is 6.61 Å². The van der Waals surface area contributed by atoms with Crippen molar-refractivity contribution in [2.24, 2.45) is 0 Å². The Hall–Kier alpha value is -3.49. The van der Waals surface area contributed by atoms with E-state index in [0.29, 0.717) is 24.4 Å². The van der Waals surface area contributed by atoms with Crippen LogP contribution >= 0.6 is 0 Å².